The zero-order chi connectivity index (χ0) is 23.3. The normalized spacial score (nSPS) is 11.7. The van der Waals surface area contributed by atoms with E-state index in [0.717, 1.165) is 0 Å². The molecule has 0 aliphatic heterocycles. The number of carbonyl (C=O) groups excluding carboxylic acids is 2. The molecule has 0 aliphatic carbocycles. The van der Waals surface area contributed by atoms with Gasteiger partial charge in [0.1, 0.15) is 11.8 Å². The molecule has 2 aromatic rings. The van der Waals surface area contributed by atoms with Gasteiger partial charge in [-0.05, 0) is 58.7 Å². The Bertz CT molecular complexity index is 990. The lowest BCUT2D eigenvalue weighted by Crippen LogP contribution is -2.39. The maximum absolute atomic E-state index is 12.0. The van der Waals surface area contributed by atoms with Crippen molar-refractivity contribution in [1.29, 1.82) is 0 Å². The second-order valence-corrected chi connectivity index (χ2v) is 8.75. The number of aliphatic carboxylic acids is 1. The summed E-state index contributed by atoms with van der Waals surface area (Å²) in [7, 11) is 0. The number of amides is 2. The zero-order valence-electron chi connectivity index (χ0n) is 17.0. The Morgan fingerprint density at radius 1 is 1.10 bits per heavy atom. The van der Waals surface area contributed by atoms with Crippen molar-refractivity contribution in [2.24, 2.45) is 5.92 Å². The molecule has 2 aromatic carbocycles. The number of ether oxygens (including phenoxy) is 1. The van der Waals surface area contributed by atoms with Gasteiger partial charge < -0.3 is 20.5 Å². The monoisotopic (exact) mass is 530 g/mol. The summed E-state index contributed by atoms with van der Waals surface area (Å²) in [4.78, 5) is 34.7. The molecular formula is C21H21BrCl2N2O5. The minimum atomic E-state index is -1.13. The van der Waals surface area contributed by atoms with Crippen LogP contribution in [0.15, 0.2) is 34.8 Å². The maximum Gasteiger partial charge on any atom is 0.325 e. The first-order valence-electron chi connectivity index (χ1n) is 9.26. The van der Waals surface area contributed by atoms with Gasteiger partial charge >= 0.3 is 5.97 Å². The standard InChI is InChI=1S/C21H21BrCl2N2O5/c1-10(2)20(28)26-17-5-4-13(9-14(17)22)31-19-15(23)6-12(7-16(19)24)8-18(27)25-11(3)21(29)30/h4-7,9-11H,8H2,1-3H3,(H,25,27)(H,26,28)(H,29,30). The van der Waals surface area contributed by atoms with E-state index in [4.69, 9.17) is 33.0 Å². The van der Waals surface area contributed by atoms with E-state index in [9.17, 15) is 14.4 Å². The van der Waals surface area contributed by atoms with Gasteiger partial charge in [0.25, 0.3) is 0 Å². The van der Waals surface area contributed by atoms with E-state index in [0.29, 0.717) is 21.5 Å². The molecule has 0 aliphatic rings. The summed E-state index contributed by atoms with van der Waals surface area (Å²) in [5.41, 5.74) is 1.10. The van der Waals surface area contributed by atoms with E-state index in [1.165, 1.54) is 19.1 Å². The number of halogens is 3. The number of carboxylic acid groups (broad SMARTS) is 1. The van der Waals surface area contributed by atoms with Crippen molar-refractivity contribution < 1.29 is 24.2 Å². The molecule has 10 heteroatoms. The van der Waals surface area contributed by atoms with E-state index in [2.05, 4.69) is 26.6 Å². The van der Waals surface area contributed by atoms with E-state index >= 15 is 0 Å². The van der Waals surface area contributed by atoms with Gasteiger partial charge in [0, 0.05) is 10.4 Å². The van der Waals surface area contributed by atoms with Crippen molar-refractivity contribution in [1.82, 2.24) is 5.32 Å². The van der Waals surface area contributed by atoms with Crippen LogP contribution >= 0.6 is 39.1 Å². The first kappa shape index (κ1) is 25.0. The number of carbonyl (C=O) groups is 3. The van der Waals surface area contributed by atoms with Crippen molar-refractivity contribution in [3.63, 3.8) is 0 Å². The van der Waals surface area contributed by atoms with Crippen LogP contribution in [0.3, 0.4) is 0 Å². The minimum Gasteiger partial charge on any atom is -0.480 e. The van der Waals surface area contributed by atoms with Crippen molar-refractivity contribution in [2.75, 3.05) is 5.32 Å². The molecule has 1 atom stereocenters. The van der Waals surface area contributed by atoms with Crippen molar-refractivity contribution >= 4 is 62.6 Å². The number of carboxylic acids is 1. The molecule has 1 unspecified atom stereocenters. The Morgan fingerprint density at radius 3 is 2.23 bits per heavy atom. The number of anilines is 1. The second-order valence-electron chi connectivity index (χ2n) is 7.08. The largest absolute Gasteiger partial charge is 0.480 e. The van der Waals surface area contributed by atoms with Crippen molar-refractivity contribution in [3.8, 4) is 11.5 Å². The molecule has 0 bridgehead atoms. The molecule has 3 N–H and O–H groups in total. The van der Waals surface area contributed by atoms with Crippen LogP contribution in [-0.4, -0.2) is 28.9 Å². The topological polar surface area (TPSA) is 105 Å². The van der Waals surface area contributed by atoms with Crippen LogP contribution in [0.4, 0.5) is 5.69 Å². The third-order valence-corrected chi connectivity index (χ3v) is 5.33. The fourth-order valence-corrected chi connectivity index (χ4v) is 3.47. The van der Waals surface area contributed by atoms with Gasteiger partial charge in [-0.2, -0.15) is 0 Å². The van der Waals surface area contributed by atoms with Gasteiger partial charge in [-0.15, -0.1) is 0 Å². The van der Waals surface area contributed by atoms with Crippen LogP contribution in [0.25, 0.3) is 0 Å². The highest BCUT2D eigenvalue weighted by Crippen LogP contribution is 2.39. The van der Waals surface area contributed by atoms with Gasteiger partial charge in [0.2, 0.25) is 11.8 Å². The van der Waals surface area contributed by atoms with Gasteiger partial charge in [-0.3, -0.25) is 14.4 Å². The third-order valence-electron chi connectivity index (χ3n) is 4.11. The second kappa shape index (κ2) is 10.8. The number of hydrogen-bond donors (Lipinski definition) is 3. The summed E-state index contributed by atoms with van der Waals surface area (Å²) in [5, 5.41) is 14.4. The first-order valence-corrected chi connectivity index (χ1v) is 10.8. The number of benzene rings is 2. The summed E-state index contributed by atoms with van der Waals surface area (Å²) in [5.74, 6) is -1.24. The maximum atomic E-state index is 12.0. The molecule has 7 nitrogen and oxygen atoms in total. The molecule has 0 heterocycles. The summed E-state index contributed by atoms with van der Waals surface area (Å²) >= 11 is 16.0. The van der Waals surface area contributed by atoms with Gasteiger partial charge in [-0.25, -0.2) is 0 Å². The Kier molecular flexibility index (Phi) is 8.73. The highest BCUT2D eigenvalue weighted by molar-refractivity contribution is 9.10. The molecule has 0 saturated carbocycles. The van der Waals surface area contributed by atoms with Gasteiger partial charge in [0.15, 0.2) is 5.75 Å². The van der Waals surface area contributed by atoms with Crippen LogP contribution in [-0.2, 0) is 20.8 Å². The summed E-state index contributed by atoms with van der Waals surface area (Å²) in [6, 6.07) is 7.05. The Labute approximate surface area is 198 Å². The van der Waals surface area contributed by atoms with Crippen LogP contribution < -0.4 is 15.4 Å². The van der Waals surface area contributed by atoms with Gasteiger partial charge in [0.05, 0.1) is 22.2 Å². The van der Waals surface area contributed by atoms with E-state index in [1.807, 2.05) is 0 Å². The number of hydrogen-bond acceptors (Lipinski definition) is 4. The quantitative estimate of drug-likeness (QED) is 0.430. The Balaban J connectivity index is 2.14. The van der Waals surface area contributed by atoms with Crippen LogP contribution in [0.5, 0.6) is 11.5 Å². The lowest BCUT2D eigenvalue weighted by molar-refractivity contribution is -0.141. The molecular weight excluding hydrogens is 511 g/mol. The summed E-state index contributed by atoms with van der Waals surface area (Å²) in [6.07, 6.45) is -0.0901. The minimum absolute atomic E-state index is 0.0901. The van der Waals surface area contributed by atoms with Crippen LogP contribution in [0, 0.1) is 5.92 Å². The van der Waals surface area contributed by atoms with E-state index in [1.54, 1.807) is 32.0 Å². The molecule has 0 fully saturated rings. The first-order chi connectivity index (χ1) is 14.5. The highest BCUT2D eigenvalue weighted by atomic mass is 79.9. The molecule has 166 valence electrons. The SMILES string of the molecule is CC(C)C(=O)Nc1ccc(Oc2c(Cl)cc(CC(=O)NC(C)C(=O)O)cc2Cl)cc1Br. The Hall–Kier alpha value is -2.29. The Morgan fingerprint density at radius 2 is 1.71 bits per heavy atom. The lowest BCUT2D eigenvalue weighted by atomic mass is 10.1. The molecule has 31 heavy (non-hydrogen) atoms. The summed E-state index contributed by atoms with van der Waals surface area (Å²) < 4.78 is 6.42. The fraction of sp³-hybridized carbons (Fsp3) is 0.286. The van der Waals surface area contributed by atoms with Gasteiger partial charge in [-0.1, -0.05) is 37.0 Å². The third kappa shape index (κ3) is 7.12. The molecule has 2 amide bonds. The molecule has 0 aromatic heterocycles. The van der Waals surface area contributed by atoms with E-state index in [-0.39, 0.29) is 34.0 Å². The average Bonchev–Trinajstić information content (AvgIpc) is 2.66. The number of nitrogens with one attached hydrogen (secondary N) is 2. The van der Waals surface area contributed by atoms with Crippen LogP contribution in [0.2, 0.25) is 10.0 Å². The summed E-state index contributed by atoms with van der Waals surface area (Å²) in [6.45, 7) is 4.96. The molecule has 0 radical (unpaired) electrons. The van der Waals surface area contributed by atoms with E-state index < -0.39 is 17.9 Å². The zero-order valence-corrected chi connectivity index (χ0v) is 20.1. The predicted octanol–water partition coefficient (Wildman–Crippen LogP) is 5.27. The average molecular weight is 532 g/mol. The molecule has 0 spiro atoms. The van der Waals surface area contributed by atoms with Crippen molar-refractivity contribution in [2.45, 2.75) is 33.2 Å². The van der Waals surface area contributed by atoms with Crippen LogP contribution in [0.1, 0.15) is 26.3 Å². The molecule has 0 saturated heterocycles. The number of rotatable bonds is 8. The predicted molar refractivity (Wildman–Crippen MR) is 123 cm³/mol. The lowest BCUT2D eigenvalue weighted by Gasteiger charge is -2.14. The highest BCUT2D eigenvalue weighted by Gasteiger charge is 2.17. The fourth-order valence-electron chi connectivity index (χ4n) is 2.41. The molecule has 2 rings (SSSR count). The smallest absolute Gasteiger partial charge is 0.325 e. The van der Waals surface area contributed by atoms with Crippen molar-refractivity contribution in [3.05, 3.63) is 50.4 Å².